The van der Waals surface area contributed by atoms with Crippen LogP contribution in [0.25, 0.3) is 0 Å². The van der Waals surface area contributed by atoms with Gasteiger partial charge in [-0.2, -0.15) is 0 Å². The van der Waals surface area contributed by atoms with Gasteiger partial charge in [0, 0.05) is 0 Å². The normalized spacial score (nSPS) is 11.9. The first-order valence-corrected chi connectivity index (χ1v) is 5.16. The average Bonchev–Trinajstić information content (AvgIpc) is 1.84. The smallest absolute Gasteiger partial charge is 0.304 e. The highest BCUT2D eigenvalue weighted by molar-refractivity contribution is 7.94. The van der Waals surface area contributed by atoms with Crippen LogP contribution in [-0.2, 0) is 14.6 Å². The lowest BCUT2D eigenvalue weighted by atomic mass is 10.5. The summed E-state index contributed by atoms with van der Waals surface area (Å²) >= 11 is 10.1. The second-order valence-corrected chi connectivity index (χ2v) is 5.59. The molecule has 0 aliphatic heterocycles. The maximum Gasteiger partial charge on any atom is 0.304 e. The molecule has 66 valence electrons. The fourth-order valence-corrected chi connectivity index (χ4v) is 1.49. The third-order valence-corrected chi connectivity index (χ3v) is 3.82. The van der Waals surface area contributed by atoms with E-state index in [1.165, 1.54) is 0 Å². The van der Waals surface area contributed by atoms with Crippen molar-refractivity contribution in [1.82, 2.24) is 0 Å². The Morgan fingerprint density at radius 1 is 1.45 bits per heavy atom. The number of carboxylic acids is 1. The van der Waals surface area contributed by atoms with Crippen LogP contribution < -0.4 is 0 Å². The predicted molar refractivity (Wildman–Crippen MR) is 41.5 cm³/mol. The standard InChI is InChI=1S/C4H6Cl2O4S/c5-4(6)11(9,10)2-1-3(7)8/h4H,1-2H2,(H,7,8). The van der Waals surface area contributed by atoms with Crippen LogP contribution >= 0.6 is 23.2 Å². The molecule has 0 spiro atoms. The van der Waals surface area contributed by atoms with Crippen LogP contribution in [0.1, 0.15) is 6.42 Å². The lowest BCUT2D eigenvalue weighted by Crippen LogP contribution is -2.16. The SMILES string of the molecule is O=C(O)CCS(=O)(=O)C(Cl)Cl. The Labute approximate surface area is 74.0 Å². The predicted octanol–water partition coefficient (Wildman–Crippen LogP) is 0.637. The molecule has 0 heterocycles. The van der Waals surface area contributed by atoms with Crippen LogP contribution in [0.2, 0.25) is 0 Å². The van der Waals surface area contributed by atoms with E-state index >= 15 is 0 Å². The van der Waals surface area contributed by atoms with Crippen molar-refractivity contribution in [3.8, 4) is 0 Å². The zero-order valence-corrected chi connectivity index (χ0v) is 7.66. The number of aliphatic carboxylic acids is 1. The summed E-state index contributed by atoms with van der Waals surface area (Å²) in [5.41, 5.74) is 0. The van der Waals surface area contributed by atoms with Crippen LogP contribution in [0, 0.1) is 0 Å². The van der Waals surface area contributed by atoms with Crippen LogP contribution in [-0.4, -0.2) is 29.4 Å². The molecule has 0 amide bonds. The molecule has 0 fully saturated rings. The molecule has 0 atom stereocenters. The van der Waals surface area contributed by atoms with Crippen LogP contribution in [0.4, 0.5) is 0 Å². The third kappa shape index (κ3) is 4.44. The molecule has 0 radical (unpaired) electrons. The van der Waals surface area contributed by atoms with Gasteiger partial charge >= 0.3 is 5.97 Å². The van der Waals surface area contributed by atoms with Crippen molar-refractivity contribution in [2.75, 3.05) is 5.75 Å². The molecule has 0 rings (SSSR count). The molecule has 0 unspecified atom stereocenters. The first-order valence-electron chi connectivity index (χ1n) is 2.58. The number of carboxylic acid groups (broad SMARTS) is 1. The van der Waals surface area contributed by atoms with Crippen molar-refractivity contribution in [3.63, 3.8) is 0 Å². The summed E-state index contributed by atoms with van der Waals surface area (Å²) in [6.45, 7) is 0. The molecule has 1 N–H and O–H groups in total. The second-order valence-electron chi connectivity index (χ2n) is 1.77. The first-order chi connectivity index (χ1) is 4.86. The molecule has 7 heteroatoms. The number of halogens is 2. The Bertz CT molecular complexity index is 232. The van der Waals surface area contributed by atoms with E-state index in [0.717, 1.165) is 0 Å². The second kappa shape index (κ2) is 4.13. The van der Waals surface area contributed by atoms with E-state index in [-0.39, 0.29) is 0 Å². The number of rotatable bonds is 4. The van der Waals surface area contributed by atoms with Gasteiger partial charge in [0.2, 0.25) is 4.17 Å². The summed E-state index contributed by atoms with van der Waals surface area (Å²) in [6.07, 6.45) is -0.474. The number of sulfone groups is 1. The van der Waals surface area contributed by atoms with E-state index in [9.17, 15) is 13.2 Å². The minimum atomic E-state index is -3.64. The van der Waals surface area contributed by atoms with Gasteiger partial charge in [-0.25, -0.2) is 8.42 Å². The minimum Gasteiger partial charge on any atom is -0.481 e. The molecular weight excluding hydrogens is 215 g/mol. The van der Waals surface area contributed by atoms with Gasteiger partial charge < -0.3 is 5.11 Å². The van der Waals surface area contributed by atoms with Gasteiger partial charge in [-0.05, 0) is 0 Å². The number of hydrogen-bond acceptors (Lipinski definition) is 3. The largest absolute Gasteiger partial charge is 0.481 e. The van der Waals surface area contributed by atoms with E-state index in [1.807, 2.05) is 0 Å². The van der Waals surface area contributed by atoms with Gasteiger partial charge in [0.1, 0.15) is 0 Å². The Hall–Kier alpha value is -0.000000000000000111. The lowest BCUT2D eigenvalue weighted by Gasteiger charge is -2.00. The van der Waals surface area contributed by atoms with Crippen LogP contribution in [0.15, 0.2) is 0 Å². The molecule has 0 aliphatic carbocycles. The van der Waals surface area contributed by atoms with Gasteiger partial charge in [-0.3, -0.25) is 4.79 Å². The van der Waals surface area contributed by atoms with Crippen molar-refractivity contribution < 1.29 is 18.3 Å². The van der Waals surface area contributed by atoms with Crippen molar-refractivity contribution in [2.24, 2.45) is 0 Å². The van der Waals surface area contributed by atoms with Gasteiger partial charge in [0.05, 0.1) is 12.2 Å². The van der Waals surface area contributed by atoms with Gasteiger partial charge in [-0.15, -0.1) is 0 Å². The van der Waals surface area contributed by atoms with Crippen LogP contribution in [0.3, 0.4) is 0 Å². The van der Waals surface area contributed by atoms with E-state index < -0.39 is 32.1 Å². The molecule has 4 nitrogen and oxygen atoms in total. The summed E-state index contributed by atoms with van der Waals surface area (Å²) in [5, 5.41) is 8.11. The topological polar surface area (TPSA) is 71.4 Å². The first kappa shape index (κ1) is 11.0. The molecule has 0 aromatic carbocycles. The lowest BCUT2D eigenvalue weighted by molar-refractivity contribution is -0.136. The molecule has 0 saturated heterocycles. The Morgan fingerprint density at radius 3 is 2.18 bits per heavy atom. The van der Waals surface area contributed by atoms with E-state index in [0.29, 0.717) is 0 Å². The fourth-order valence-electron chi connectivity index (χ4n) is 0.319. The van der Waals surface area contributed by atoms with E-state index in [1.54, 1.807) is 0 Å². The molecule has 0 saturated carbocycles. The Kier molecular flexibility index (Phi) is 4.13. The third-order valence-electron chi connectivity index (χ3n) is 0.872. The highest BCUT2D eigenvalue weighted by Crippen LogP contribution is 2.12. The molecule has 0 aliphatic rings. The van der Waals surface area contributed by atoms with Crippen molar-refractivity contribution in [1.29, 1.82) is 0 Å². The Balaban J connectivity index is 4.05. The maximum absolute atomic E-state index is 10.7. The van der Waals surface area contributed by atoms with E-state index in [2.05, 4.69) is 0 Å². The summed E-state index contributed by atoms with van der Waals surface area (Å²) < 4.78 is 19.9. The molecule has 0 aromatic heterocycles. The van der Waals surface area contributed by atoms with Gasteiger partial charge in [0.25, 0.3) is 0 Å². The zero-order valence-electron chi connectivity index (χ0n) is 5.33. The van der Waals surface area contributed by atoms with Gasteiger partial charge in [0.15, 0.2) is 9.84 Å². The summed E-state index contributed by atoms with van der Waals surface area (Å²) in [7, 11) is -3.64. The number of alkyl halides is 2. The zero-order chi connectivity index (χ0) is 9.07. The average molecular weight is 221 g/mol. The molecule has 0 bridgehead atoms. The van der Waals surface area contributed by atoms with Crippen molar-refractivity contribution >= 4 is 39.0 Å². The quantitative estimate of drug-likeness (QED) is 0.707. The van der Waals surface area contributed by atoms with Crippen molar-refractivity contribution in [2.45, 2.75) is 10.6 Å². The number of hydrogen-bond donors (Lipinski definition) is 1. The Morgan fingerprint density at radius 2 is 1.91 bits per heavy atom. The summed E-state index contributed by atoms with van der Waals surface area (Å²) in [6, 6.07) is 0. The van der Waals surface area contributed by atoms with Crippen molar-refractivity contribution in [3.05, 3.63) is 0 Å². The van der Waals surface area contributed by atoms with Crippen LogP contribution in [0.5, 0.6) is 0 Å². The molecular formula is C4H6Cl2O4S. The summed E-state index contributed by atoms with van der Waals surface area (Å²) in [4.78, 5) is 9.92. The molecule has 0 aromatic rings. The minimum absolute atomic E-state index is 0.474. The maximum atomic E-state index is 10.7. The van der Waals surface area contributed by atoms with E-state index in [4.69, 9.17) is 28.3 Å². The number of carbonyl (C=O) groups is 1. The highest BCUT2D eigenvalue weighted by Gasteiger charge is 2.20. The monoisotopic (exact) mass is 220 g/mol. The fraction of sp³-hybridized carbons (Fsp3) is 0.750. The highest BCUT2D eigenvalue weighted by atomic mass is 35.5. The molecule has 11 heavy (non-hydrogen) atoms. The van der Waals surface area contributed by atoms with Gasteiger partial charge in [-0.1, -0.05) is 23.2 Å². The summed E-state index contributed by atoms with van der Waals surface area (Å²) in [5.74, 6) is -1.72.